The second-order valence-electron chi connectivity index (χ2n) is 5.53. The zero-order valence-corrected chi connectivity index (χ0v) is 12.6. The standard InChI is InChI=1S/C15H21N5O/c1-3-20-9-13(10(2)19-20)16-15(21)14-11-7-5-4-6-8-12(11)17-18-14/h9H,3-8H2,1-2H3,(H,16,21)(H,17,18). The Bertz CT molecular complexity index is 655. The second kappa shape index (κ2) is 5.71. The van der Waals surface area contributed by atoms with Crippen LogP contribution in [0.4, 0.5) is 5.69 Å². The van der Waals surface area contributed by atoms with Gasteiger partial charge in [-0.15, -0.1) is 0 Å². The lowest BCUT2D eigenvalue weighted by Gasteiger charge is -2.03. The summed E-state index contributed by atoms with van der Waals surface area (Å²) >= 11 is 0. The maximum atomic E-state index is 12.5. The summed E-state index contributed by atoms with van der Waals surface area (Å²) in [5.41, 5.74) is 4.33. The largest absolute Gasteiger partial charge is 0.318 e. The normalized spacial score (nSPS) is 14.6. The van der Waals surface area contributed by atoms with E-state index in [1.165, 1.54) is 12.8 Å². The Hall–Kier alpha value is -2.11. The number of hydrogen-bond donors (Lipinski definition) is 2. The van der Waals surface area contributed by atoms with Crippen LogP contribution in [0.2, 0.25) is 0 Å². The summed E-state index contributed by atoms with van der Waals surface area (Å²) in [7, 11) is 0. The number of carbonyl (C=O) groups excluding carboxylic acids is 1. The summed E-state index contributed by atoms with van der Waals surface area (Å²) in [6.07, 6.45) is 7.28. The van der Waals surface area contributed by atoms with Crippen molar-refractivity contribution in [1.82, 2.24) is 20.0 Å². The van der Waals surface area contributed by atoms with Crippen molar-refractivity contribution in [3.05, 3.63) is 28.8 Å². The molecule has 0 spiro atoms. The molecule has 0 aromatic carbocycles. The molecule has 0 aliphatic heterocycles. The zero-order valence-electron chi connectivity index (χ0n) is 12.6. The number of nitrogens with zero attached hydrogens (tertiary/aromatic N) is 3. The van der Waals surface area contributed by atoms with E-state index in [4.69, 9.17) is 0 Å². The highest BCUT2D eigenvalue weighted by atomic mass is 16.2. The van der Waals surface area contributed by atoms with E-state index in [0.29, 0.717) is 5.69 Å². The van der Waals surface area contributed by atoms with Crippen LogP contribution in [0.25, 0.3) is 0 Å². The number of anilines is 1. The average Bonchev–Trinajstić information content (AvgIpc) is 2.95. The molecule has 1 aliphatic carbocycles. The van der Waals surface area contributed by atoms with Gasteiger partial charge in [0.15, 0.2) is 5.69 Å². The number of fused-ring (bicyclic) bond motifs is 1. The van der Waals surface area contributed by atoms with Gasteiger partial charge in [-0.25, -0.2) is 0 Å². The summed E-state index contributed by atoms with van der Waals surface area (Å²) in [5, 5.41) is 14.5. The molecule has 6 nitrogen and oxygen atoms in total. The van der Waals surface area contributed by atoms with Crippen molar-refractivity contribution in [3.8, 4) is 0 Å². The molecule has 0 saturated carbocycles. The minimum atomic E-state index is -0.145. The van der Waals surface area contributed by atoms with E-state index < -0.39 is 0 Å². The van der Waals surface area contributed by atoms with Crippen molar-refractivity contribution in [2.45, 2.75) is 52.5 Å². The van der Waals surface area contributed by atoms with E-state index >= 15 is 0 Å². The summed E-state index contributed by atoms with van der Waals surface area (Å²) in [6.45, 7) is 4.70. The van der Waals surface area contributed by atoms with Gasteiger partial charge in [0.1, 0.15) is 0 Å². The van der Waals surface area contributed by atoms with Gasteiger partial charge in [-0.3, -0.25) is 14.6 Å². The van der Waals surface area contributed by atoms with Gasteiger partial charge in [0, 0.05) is 24.0 Å². The fourth-order valence-electron chi connectivity index (χ4n) is 2.83. The fourth-order valence-corrected chi connectivity index (χ4v) is 2.83. The Balaban J connectivity index is 1.82. The SMILES string of the molecule is CCn1cc(NC(=O)c2n[nH]c3c2CCCCC3)c(C)n1. The Morgan fingerprint density at radius 2 is 2.19 bits per heavy atom. The van der Waals surface area contributed by atoms with E-state index in [1.807, 2.05) is 24.7 Å². The molecule has 0 fully saturated rings. The average molecular weight is 287 g/mol. The molecule has 0 unspecified atom stereocenters. The number of rotatable bonds is 3. The summed E-state index contributed by atoms with van der Waals surface area (Å²) in [5.74, 6) is -0.145. The molecule has 21 heavy (non-hydrogen) atoms. The molecule has 2 aromatic heterocycles. The van der Waals surface area contributed by atoms with Gasteiger partial charge in [-0.2, -0.15) is 10.2 Å². The van der Waals surface area contributed by atoms with Crippen molar-refractivity contribution in [2.75, 3.05) is 5.32 Å². The molecule has 1 aliphatic rings. The molecule has 2 aromatic rings. The number of aromatic nitrogens is 4. The third-order valence-corrected chi connectivity index (χ3v) is 4.04. The first kappa shape index (κ1) is 13.9. The van der Waals surface area contributed by atoms with Gasteiger partial charge >= 0.3 is 0 Å². The van der Waals surface area contributed by atoms with Crippen LogP contribution in [-0.2, 0) is 19.4 Å². The number of amides is 1. The van der Waals surface area contributed by atoms with Crippen molar-refractivity contribution in [1.29, 1.82) is 0 Å². The first-order valence-electron chi connectivity index (χ1n) is 7.60. The van der Waals surface area contributed by atoms with Crippen LogP contribution in [0.5, 0.6) is 0 Å². The second-order valence-corrected chi connectivity index (χ2v) is 5.53. The Morgan fingerprint density at radius 3 is 2.95 bits per heavy atom. The Morgan fingerprint density at radius 1 is 1.38 bits per heavy atom. The maximum Gasteiger partial charge on any atom is 0.276 e. The molecular formula is C15H21N5O. The van der Waals surface area contributed by atoms with Crippen LogP contribution in [0.3, 0.4) is 0 Å². The fraction of sp³-hybridized carbons (Fsp3) is 0.533. The zero-order chi connectivity index (χ0) is 14.8. The Kier molecular flexibility index (Phi) is 3.77. The molecule has 3 rings (SSSR count). The molecule has 1 amide bonds. The topological polar surface area (TPSA) is 75.6 Å². The molecule has 2 heterocycles. The third kappa shape index (κ3) is 2.70. The third-order valence-electron chi connectivity index (χ3n) is 4.04. The van der Waals surface area contributed by atoms with Crippen LogP contribution >= 0.6 is 0 Å². The quantitative estimate of drug-likeness (QED) is 0.851. The molecule has 0 radical (unpaired) electrons. The highest BCUT2D eigenvalue weighted by Crippen LogP contribution is 2.23. The van der Waals surface area contributed by atoms with E-state index in [9.17, 15) is 4.79 Å². The monoisotopic (exact) mass is 287 g/mol. The predicted molar refractivity (Wildman–Crippen MR) is 80.4 cm³/mol. The van der Waals surface area contributed by atoms with Gasteiger partial charge in [0.05, 0.1) is 11.4 Å². The number of aryl methyl sites for hydroxylation is 3. The van der Waals surface area contributed by atoms with Gasteiger partial charge in [-0.1, -0.05) is 6.42 Å². The molecule has 112 valence electrons. The van der Waals surface area contributed by atoms with E-state index in [-0.39, 0.29) is 5.91 Å². The minimum absolute atomic E-state index is 0.145. The number of nitrogens with one attached hydrogen (secondary N) is 2. The first-order valence-corrected chi connectivity index (χ1v) is 7.60. The van der Waals surface area contributed by atoms with Crippen LogP contribution in [0.1, 0.15) is 53.6 Å². The van der Waals surface area contributed by atoms with Crippen molar-refractivity contribution < 1.29 is 4.79 Å². The van der Waals surface area contributed by atoms with Gasteiger partial charge in [0.2, 0.25) is 0 Å². The first-order chi connectivity index (χ1) is 10.2. The van der Waals surface area contributed by atoms with E-state index in [0.717, 1.165) is 48.4 Å². The molecule has 2 N–H and O–H groups in total. The smallest absolute Gasteiger partial charge is 0.276 e. The summed E-state index contributed by atoms with van der Waals surface area (Å²) in [4.78, 5) is 12.5. The van der Waals surface area contributed by atoms with Crippen molar-refractivity contribution in [3.63, 3.8) is 0 Å². The maximum absolute atomic E-state index is 12.5. The lowest BCUT2D eigenvalue weighted by atomic mass is 10.1. The van der Waals surface area contributed by atoms with Crippen molar-refractivity contribution >= 4 is 11.6 Å². The van der Waals surface area contributed by atoms with Gasteiger partial charge < -0.3 is 5.32 Å². The Labute approximate surface area is 123 Å². The van der Waals surface area contributed by atoms with Crippen molar-refractivity contribution in [2.24, 2.45) is 0 Å². The number of H-pyrrole nitrogens is 1. The molecule has 6 heteroatoms. The van der Waals surface area contributed by atoms with Crippen LogP contribution in [0, 0.1) is 6.92 Å². The number of hydrogen-bond acceptors (Lipinski definition) is 3. The number of aromatic amines is 1. The molecule has 0 saturated heterocycles. The predicted octanol–water partition coefficient (Wildman–Crippen LogP) is 2.46. The highest BCUT2D eigenvalue weighted by Gasteiger charge is 2.21. The molecular weight excluding hydrogens is 266 g/mol. The van der Waals surface area contributed by atoms with Gasteiger partial charge in [-0.05, 0) is 39.5 Å². The van der Waals surface area contributed by atoms with E-state index in [2.05, 4.69) is 20.6 Å². The van der Waals surface area contributed by atoms with Gasteiger partial charge in [0.25, 0.3) is 5.91 Å². The van der Waals surface area contributed by atoms with E-state index in [1.54, 1.807) is 0 Å². The van der Waals surface area contributed by atoms with Crippen LogP contribution < -0.4 is 5.32 Å². The highest BCUT2D eigenvalue weighted by molar-refractivity contribution is 6.04. The lowest BCUT2D eigenvalue weighted by molar-refractivity contribution is 0.102. The number of carbonyl (C=O) groups is 1. The summed E-state index contributed by atoms with van der Waals surface area (Å²) in [6, 6.07) is 0. The summed E-state index contributed by atoms with van der Waals surface area (Å²) < 4.78 is 1.82. The molecule has 0 atom stereocenters. The van der Waals surface area contributed by atoms with Crippen LogP contribution in [-0.4, -0.2) is 25.9 Å². The lowest BCUT2D eigenvalue weighted by Crippen LogP contribution is -2.15. The minimum Gasteiger partial charge on any atom is -0.318 e. The van der Waals surface area contributed by atoms with Crippen LogP contribution in [0.15, 0.2) is 6.20 Å². The molecule has 0 bridgehead atoms.